The van der Waals surface area contributed by atoms with Crippen molar-refractivity contribution in [3.63, 3.8) is 0 Å². The van der Waals surface area contributed by atoms with E-state index in [1.54, 1.807) is 26.4 Å². The molecule has 0 aliphatic heterocycles. The Labute approximate surface area is 147 Å². The van der Waals surface area contributed by atoms with Gasteiger partial charge in [-0.2, -0.15) is 0 Å². The molecule has 24 heavy (non-hydrogen) atoms. The monoisotopic (exact) mass is 389 g/mol. The molecule has 0 fully saturated rings. The van der Waals surface area contributed by atoms with Crippen LogP contribution in [-0.2, 0) is 6.61 Å². The van der Waals surface area contributed by atoms with E-state index in [0.29, 0.717) is 34.1 Å². The lowest BCUT2D eigenvalue weighted by molar-refractivity contribution is 0.281. The molecule has 0 atom stereocenters. The number of aliphatic hydroxyl groups is 1. The molecule has 124 valence electrons. The van der Waals surface area contributed by atoms with Gasteiger partial charge < -0.3 is 19.1 Å². The Kier molecular flexibility index (Phi) is 4.87. The molecule has 0 aliphatic carbocycles. The van der Waals surface area contributed by atoms with Crippen molar-refractivity contribution < 1.29 is 19.1 Å². The van der Waals surface area contributed by atoms with Gasteiger partial charge in [0.1, 0.15) is 17.2 Å². The number of hydrogen-bond donors (Lipinski definition) is 1. The van der Waals surface area contributed by atoms with Crippen molar-refractivity contribution in [2.45, 2.75) is 6.61 Å². The molecule has 3 aromatic rings. The molecule has 0 unspecified atom stereocenters. The highest BCUT2D eigenvalue weighted by atomic mass is 79.9. The van der Waals surface area contributed by atoms with Crippen LogP contribution < -0.4 is 9.47 Å². The van der Waals surface area contributed by atoms with Gasteiger partial charge in [-0.1, -0.05) is 33.2 Å². The molecule has 1 aromatic heterocycles. The van der Waals surface area contributed by atoms with E-state index in [4.69, 9.17) is 14.0 Å². The maximum atomic E-state index is 9.87. The van der Waals surface area contributed by atoms with Crippen molar-refractivity contribution in [2.24, 2.45) is 0 Å². The van der Waals surface area contributed by atoms with Crippen molar-refractivity contribution in [1.82, 2.24) is 5.16 Å². The van der Waals surface area contributed by atoms with Gasteiger partial charge in [-0.25, -0.2) is 0 Å². The van der Waals surface area contributed by atoms with Crippen molar-refractivity contribution in [3.8, 4) is 34.1 Å². The lowest BCUT2D eigenvalue weighted by atomic mass is 10.0. The van der Waals surface area contributed by atoms with Gasteiger partial charge in [-0.3, -0.25) is 0 Å². The molecular formula is C18H16BrNO4. The predicted molar refractivity (Wildman–Crippen MR) is 94.1 cm³/mol. The van der Waals surface area contributed by atoms with Gasteiger partial charge in [0.25, 0.3) is 0 Å². The van der Waals surface area contributed by atoms with E-state index >= 15 is 0 Å². The fraction of sp³-hybridized carbons (Fsp3) is 0.167. The summed E-state index contributed by atoms with van der Waals surface area (Å²) in [5.41, 5.74) is 2.77. The van der Waals surface area contributed by atoms with E-state index in [1.807, 2.05) is 30.3 Å². The third-order valence-corrected chi connectivity index (χ3v) is 4.19. The first-order chi connectivity index (χ1) is 11.7. The molecule has 5 nitrogen and oxygen atoms in total. The number of aromatic nitrogens is 1. The van der Waals surface area contributed by atoms with Crippen LogP contribution >= 0.6 is 15.9 Å². The van der Waals surface area contributed by atoms with Crippen molar-refractivity contribution in [1.29, 1.82) is 0 Å². The van der Waals surface area contributed by atoms with Crippen molar-refractivity contribution in [2.75, 3.05) is 14.2 Å². The number of aliphatic hydroxyl groups excluding tert-OH is 1. The standard InChI is InChI=1S/C18H16BrNO4/c1-22-13-6-7-14(16(9-13)23-2)18-15(10-21)17(20-24-18)11-4-3-5-12(19)8-11/h3-9,21H,10H2,1-2H3. The van der Waals surface area contributed by atoms with Gasteiger partial charge >= 0.3 is 0 Å². The zero-order chi connectivity index (χ0) is 17.1. The van der Waals surface area contributed by atoms with E-state index in [2.05, 4.69) is 21.1 Å². The highest BCUT2D eigenvalue weighted by Crippen LogP contribution is 2.39. The molecule has 0 saturated heterocycles. The van der Waals surface area contributed by atoms with Gasteiger partial charge in [0.15, 0.2) is 5.76 Å². The van der Waals surface area contributed by atoms with Crippen molar-refractivity contribution >= 4 is 15.9 Å². The number of nitrogens with zero attached hydrogens (tertiary/aromatic N) is 1. The minimum absolute atomic E-state index is 0.199. The predicted octanol–water partition coefficient (Wildman–Crippen LogP) is 4.28. The average molecular weight is 390 g/mol. The second kappa shape index (κ2) is 7.07. The maximum Gasteiger partial charge on any atom is 0.176 e. The van der Waals surface area contributed by atoms with E-state index in [0.717, 1.165) is 10.0 Å². The molecular weight excluding hydrogens is 374 g/mol. The summed E-state index contributed by atoms with van der Waals surface area (Å²) in [7, 11) is 3.16. The third kappa shape index (κ3) is 3.02. The number of ether oxygens (including phenoxy) is 2. The molecule has 0 radical (unpaired) electrons. The smallest absolute Gasteiger partial charge is 0.176 e. The van der Waals surface area contributed by atoms with E-state index in [-0.39, 0.29) is 6.61 Å². The van der Waals surface area contributed by atoms with Crippen LogP contribution in [0.4, 0.5) is 0 Å². The lowest BCUT2D eigenvalue weighted by Gasteiger charge is -2.09. The number of benzene rings is 2. The molecule has 6 heteroatoms. The van der Waals surface area contributed by atoms with E-state index in [9.17, 15) is 5.11 Å². The van der Waals surface area contributed by atoms with Crippen molar-refractivity contribution in [3.05, 3.63) is 52.5 Å². The molecule has 1 heterocycles. The Hall–Kier alpha value is -2.31. The van der Waals surface area contributed by atoms with E-state index < -0.39 is 0 Å². The normalized spacial score (nSPS) is 10.7. The molecule has 0 spiro atoms. The Bertz CT molecular complexity index is 860. The fourth-order valence-electron chi connectivity index (χ4n) is 2.52. The summed E-state index contributed by atoms with van der Waals surface area (Å²) in [6, 6.07) is 13.1. The highest BCUT2D eigenvalue weighted by molar-refractivity contribution is 9.10. The summed E-state index contributed by atoms with van der Waals surface area (Å²) in [4.78, 5) is 0. The Morgan fingerprint density at radius 3 is 2.62 bits per heavy atom. The van der Waals surface area contributed by atoms with Crippen LogP contribution in [0.2, 0.25) is 0 Å². The molecule has 0 aliphatic rings. The van der Waals surface area contributed by atoms with Gasteiger partial charge in [0.05, 0.1) is 32.0 Å². The maximum absolute atomic E-state index is 9.87. The summed E-state index contributed by atoms with van der Waals surface area (Å²) in [5.74, 6) is 1.74. The largest absolute Gasteiger partial charge is 0.497 e. The number of methoxy groups -OCH3 is 2. The van der Waals surface area contributed by atoms with Crippen LogP contribution in [0.1, 0.15) is 5.56 Å². The molecule has 0 saturated carbocycles. The van der Waals surface area contributed by atoms with Crippen LogP contribution in [-0.4, -0.2) is 24.5 Å². The van der Waals surface area contributed by atoms with Crippen LogP contribution in [0.15, 0.2) is 51.5 Å². The van der Waals surface area contributed by atoms with Gasteiger partial charge in [0, 0.05) is 16.1 Å². The summed E-state index contributed by atoms with van der Waals surface area (Å²) in [6.45, 7) is -0.199. The first kappa shape index (κ1) is 16.5. The Balaban J connectivity index is 2.14. The third-order valence-electron chi connectivity index (χ3n) is 3.70. The molecule has 1 N–H and O–H groups in total. The summed E-state index contributed by atoms with van der Waals surface area (Å²) in [6.07, 6.45) is 0. The zero-order valence-electron chi connectivity index (χ0n) is 13.2. The summed E-state index contributed by atoms with van der Waals surface area (Å²) < 4.78 is 17.1. The van der Waals surface area contributed by atoms with Crippen LogP contribution in [0.3, 0.4) is 0 Å². The second-order valence-electron chi connectivity index (χ2n) is 5.07. The highest BCUT2D eigenvalue weighted by Gasteiger charge is 2.21. The van der Waals surface area contributed by atoms with Crippen LogP contribution in [0, 0.1) is 0 Å². The van der Waals surface area contributed by atoms with Gasteiger partial charge in [-0.15, -0.1) is 0 Å². The number of halogens is 1. The molecule has 2 aromatic carbocycles. The topological polar surface area (TPSA) is 64.7 Å². The Morgan fingerprint density at radius 2 is 1.96 bits per heavy atom. The second-order valence-corrected chi connectivity index (χ2v) is 5.99. The van der Waals surface area contributed by atoms with Crippen LogP contribution in [0.25, 0.3) is 22.6 Å². The van der Waals surface area contributed by atoms with Crippen LogP contribution in [0.5, 0.6) is 11.5 Å². The van der Waals surface area contributed by atoms with E-state index in [1.165, 1.54) is 0 Å². The first-order valence-corrected chi connectivity index (χ1v) is 8.05. The Morgan fingerprint density at radius 1 is 1.12 bits per heavy atom. The molecule has 0 amide bonds. The summed E-state index contributed by atoms with van der Waals surface area (Å²) >= 11 is 3.44. The van der Waals surface area contributed by atoms with Gasteiger partial charge in [-0.05, 0) is 24.3 Å². The number of rotatable bonds is 5. The number of hydrogen-bond acceptors (Lipinski definition) is 5. The molecule has 0 bridgehead atoms. The fourth-order valence-corrected chi connectivity index (χ4v) is 2.92. The SMILES string of the molecule is COc1ccc(-c2onc(-c3cccc(Br)c3)c2CO)c(OC)c1. The minimum Gasteiger partial charge on any atom is -0.497 e. The minimum atomic E-state index is -0.199. The quantitative estimate of drug-likeness (QED) is 0.705. The van der Waals surface area contributed by atoms with Gasteiger partial charge in [0.2, 0.25) is 0 Å². The lowest BCUT2D eigenvalue weighted by Crippen LogP contribution is -1.93. The average Bonchev–Trinajstić information content (AvgIpc) is 3.04. The molecule has 3 rings (SSSR count). The zero-order valence-corrected chi connectivity index (χ0v) is 14.8. The first-order valence-electron chi connectivity index (χ1n) is 7.25. The summed E-state index contributed by atoms with van der Waals surface area (Å²) in [5, 5.41) is 14.0.